The number of H-pyrrole nitrogens is 1. The summed E-state index contributed by atoms with van der Waals surface area (Å²) in [5.41, 5.74) is 5.95. The zero-order valence-corrected chi connectivity index (χ0v) is 17.9. The van der Waals surface area contributed by atoms with Crippen LogP contribution < -0.4 is 21.9 Å². The van der Waals surface area contributed by atoms with Gasteiger partial charge in [0.05, 0.1) is 19.7 Å². The molecular formula is C23H30N4O4. The first-order valence-corrected chi connectivity index (χ1v) is 10.9. The van der Waals surface area contributed by atoms with E-state index in [9.17, 15) is 14.4 Å². The zero-order valence-electron chi connectivity index (χ0n) is 17.9. The van der Waals surface area contributed by atoms with Crippen LogP contribution in [0, 0.1) is 17.8 Å². The van der Waals surface area contributed by atoms with E-state index in [1.807, 2.05) is 30.3 Å². The molecule has 2 bridgehead atoms. The first-order chi connectivity index (χ1) is 15.0. The number of nitrogens with two attached hydrogens (primary N) is 1. The van der Waals surface area contributed by atoms with Gasteiger partial charge >= 0.3 is 5.69 Å². The lowest BCUT2D eigenvalue weighted by atomic mass is 9.86. The first-order valence-electron chi connectivity index (χ1n) is 10.9. The number of nitrogen functional groups attached to an aromatic ring is 1. The summed E-state index contributed by atoms with van der Waals surface area (Å²) in [5, 5.41) is 0. The molecule has 8 nitrogen and oxygen atoms in total. The summed E-state index contributed by atoms with van der Waals surface area (Å²) in [5.74, 6) is 1.54. The van der Waals surface area contributed by atoms with Gasteiger partial charge in [0.2, 0.25) is 5.91 Å². The lowest BCUT2D eigenvalue weighted by molar-refractivity contribution is -0.120. The summed E-state index contributed by atoms with van der Waals surface area (Å²) in [6.07, 6.45) is 5.13. The summed E-state index contributed by atoms with van der Waals surface area (Å²) < 4.78 is 6.31. The lowest BCUT2D eigenvalue weighted by Gasteiger charge is -2.28. The van der Waals surface area contributed by atoms with Gasteiger partial charge in [-0.15, -0.1) is 0 Å². The van der Waals surface area contributed by atoms with Crippen LogP contribution in [0.25, 0.3) is 0 Å². The lowest BCUT2D eigenvalue weighted by Crippen LogP contribution is -2.42. The van der Waals surface area contributed by atoms with Gasteiger partial charge in [-0.3, -0.25) is 19.1 Å². The van der Waals surface area contributed by atoms with Gasteiger partial charge in [0.15, 0.2) is 5.69 Å². The second kappa shape index (κ2) is 9.09. The number of carbonyl (C=O) groups is 1. The van der Waals surface area contributed by atoms with E-state index >= 15 is 0 Å². The van der Waals surface area contributed by atoms with Crippen molar-refractivity contribution in [1.29, 1.82) is 0 Å². The number of hydrogen-bond donors (Lipinski definition) is 2. The molecule has 8 heteroatoms. The quantitative estimate of drug-likeness (QED) is 0.672. The molecule has 1 aromatic heterocycles. The SMILES string of the molecule is COCCn1c(N)c(N(Cc2ccccc2)C(=O)C[C@@H]2C[C@H]3CC[C@H]2C3)c(=O)[nH]c1=O. The Morgan fingerprint density at radius 3 is 2.65 bits per heavy atom. The van der Waals surface area contributed by atoms with Gasteiger partial charge in [0.1, 0.15) is 5.82 Å². The number of nitrogens with one attached hydrogen (secondary N) is 1. The van der Waals surface area contributed by atoms with Crippen molar-refractivity contribution >= 4 is 17.4 Å². The number of amides is 1. The third-order valence-electron chi connectivity index (χ3n) is 6.81. The molecule has 166 valence electrons. The Labute approximate surface area is 181 Å². The average molecular weight is 427 g/mol. The number of ether oxygens (including phenoxy) is 1. The minimum Gasteiger partial charge on any atom is -0.383 e. The Morgan fingerprint density at radius 2 is 2.00 bits per heavy atom. The van der Waals surface area contributed by atoms with Crippen LogP contribution in [-0.4, -0.2) is 29.2 Å². The fourth-order valence-corrected chi connectivity index (χ4v) is 5.26. The largest absolute Gasteiger partial charge is 0.383 e. The molecular weight excluding hydrogens is 396 g/mol. The van der Waals surface area contributed by atoms with E-state index in [2.05, 4.69) is 4.98 Å². The number of aromatic nitrogens is 2. The van der Waals surface area contributed by atoms with Gasteiger partial charge in [-0.05, 0) is 42.6 Å². The standard InChI is InChI=1S/C23H30N4O4/c1-31-10-9-26-21(24)20(22(29)25-23(26)30)27(14-15-5-3-2-4-6-15)19(28)13-18-12-16-7-8-17(18)11-16/h2-6,16-18H,7-14,24H2,1H3,(H,25,29,30)/t16-,17-,18-/m0/s1. The number of hydrogen-bond acceptors (Lipinski definition) is 5. The Hall–Kier alpha value is -2.87. The highest BCUT2D eigenvalue weighted by atomic mass is 16.5. The summed E-state index contributed by atoms with van der Waals surface area (Å²) in [7, 11) is 1.52. The predicted molar refractivity (Wildman–Crippen MR) is 119 cm³/mol. The summed E-state index contributed by atoms with van der Waals surface area (Å²) in [4.78, 5) is 42.4. The first kappa shape index (κ1) is 21.4. The van der Waals surface area contributed by atoms with Crippen molar-refractivity contribution in [2.75, 3.05) is 24.4 Å². The van der Waals surface area contributed by atoms with Crippen molar-refractivity contribution in [1.82, 2.24) is 9.55 Å². The molecule has 0 radical (unpaired) electrons. The van der Waals surface area contributed by atoms with E-state index in [-0.39, 0.29) is 37.1 Å². The van der Waals surface area contributed by atoms with Crippen LogP contribution in [0.3, 0.4) is 0 Å². The van der Waals surface area contributed by atoms with Crippen molar-refractivity contribution < 1.29 is 9.53 Å². The van der Waals surface area contributed by atoms with Crippen molar-refractivity contribution in [3.05, 3.63) is 56.7 Å². The molecule has 2 aliphatic rings. The number of fused-ring (bicyclic) bond motifs is 2. The monoisotopic (exact) mass is 426 g/mol. The molecule has 3 atom stereocenters. The summed E-state index contributed by atoms with van der Waals surface area (Å²) in [6.45, 7) is 0.661. The van der Waals surface area contributed by atoms with Crippen molar-refractivity contribution in [3.63, 3.8) is 0 Å². The molecule has 31 heavy (non-hydrogen) atoms. The second-order valence-electron chi connectivity index (χ2n) is 8.74. The molecule has 0 spiro atoms. The van der Waals surface area contributed by atoms with E-state index in [1.165, 1.54) is 35.8 Å². The normalized spacial score (nSPS) is 22.0. The Kier molecular flexibility index (Phi) is 6.27. The van der Waals surface area contributed by atoms with Gasteiger partial charge in [-0.2, -0.15) is 0 Å². The molecule has 1 heterocycles. The zero-order chi connectivity index (χ0) is 22.0. The number of methoxy groups -OCH3 is 1. The fourth-order valence-electron chi connectivity index (χ4n) is 5.26. The maximum absolute atomic E-state index is 13.5. The van der Waals surface area contributed by atoms with Gasteiger partial charge in [-0.25, -0.2) is 4.79 Å². The van der Waals surface area contributed by atoms with Crippen molar-refractivity contribution in [3.8, 4) is 0 Å². The molecule has 4 rings (SSSR count). The maximum Gasteiger partial charge on any atom is 0.330 e. The van der Waals surface area contributed by atoms with Gasteiger partial charge in [0.25, 0.3) is 5.56 Å². The molecule has 0 unspecified atom stereocenters. The highest BCUT2D eigenvalue weighted by Gasteiger charge is 2.41. The molecule has 3 N–H and O–H groups in total. The Balaban J connectivity index is 1.69. The number of rotatable bonds is 8. The number of carbonyl (C=O) groups excluding carboxylic acids is 1. The molecule has 2 fully saturated rings. The third kappa shape index (κ3) is 4.44. The molecule has 0 saturated heterocycles. The highest BCUT2D eigenvalue weighted by Crippen LogP contribution is 2.49. The van der Waals surface area contributed by atoms with E-state index < -0.39 is 11.2 Å². The highest BCUT2D eigenvalue weighted by molar-refractivity contribution is 5.95. The van der Waals surface area contributed by atoms with E-state index in [4.69, 9.17) is 10.5 Å². The van der Waals surface area contributed by atoms with Crippen LogP contribution >= 0.6 is 0 Å². The van der Waals surface area contributed by atoms with Crippen LogP contribution in [0.1, 0.15) is 37.7 Å². The van der Waals surface area contributed by atoms with Crippen molar-refractivity contribution in [2.24, 2.45) is 17.8 Å². The molecule has 2 saturated carbocycles. The molecule has 1 aromatic carbocycles. The average Bonchev–Trinajstić information content (AvgIpc) is 3.36. The van der Waals surface area contributed by atoms with Crippen LogP contribution in [0.15, 0.2) is 39.9 Å². The maximum atomic E-state index is 13.5. The third-order valence-corrected chi connectivity index (χ3v) is 6.81. The smallest absolute Gasteiger partial charge is 0.330 e. The molecule has 0 aliphatic heterocycles. The Bertz CT molecular complexity index is 1050. The minimum absolute atomic E-state index is 0.0111. The van der Waals surface area contributed by atoms with Crippen molar-refractivity contribution in [2.45, 2.75) is 45.2 Å². The number of benzene rings is 1. The second-order valence-corrected chi connectivity index (χ2v) is 8.74. The molecule has 1 amide bonds. The van der Waals surface area contributed by atoms with E-state index in [0.717, 1.165) is 17.9 Å². The summed E-state index contributed by atoms with van der Waals surface area (Å²) >= 11 is 0. The topological polar surface area (TPSA) is 110 Å². The van der Waals surface area contributed by atoms with Crippen LogP contribution in [0.2, 0.25) is 0 Å². The van der Waals surface area contributed by atoms with Gasteiger partial charge in [-0.1, -0.05) is 36.8 Å². The minimum atomic E-state index is -0.645. The molecule has 2 aromatic rings. The van der Waals surface area contributed by atoms with E-state index in [1.54, 1.807) is 0 Å². The Morgan fingerprint density at radius 1 is 1.23 bits per heavy atom. The predicted octanol–water partition coefficient (Wildman–Crippen LogP) is 2.12. The summed E-state index contributed by atoms with van der Waals surface area (Å²) in [6, 6.07) is 9.49. The number of anilines is 2. The molecule has 2 aliphatic carbocycles. The van der Waals surface area contributed by atoms with E-state index in [0.29, 0.717) is 18.3 Å². The number of nitrogens with zero attached hydrogens (tertiary/aromatic N) is 2. The van der Waals surface area contributed by atoms with Crippen LogP contribution in [-0.2, 0) is 22.6 Å². The van der Waals surface area contributed by atoms with Crippen LogP contribution in [0.4, 0.5) is 11.5 Å². The number of aromatic amines is 1. The van der Waals surface area contributed by atoms with Gasteiger partial charge < -0.3 is 15.4 Å². The fraction of sp³-hybridized carbons (Fsp3) is 0.522. The van der Waals surface area contributed by atoms with Gasteiger partial charge in [0, 0.05) is 13.5 Å². The van der Waals surface area contributed by atoms with Crippen LogP contribution in [0.5, 0.6) is 0 Å².